The summed E-state index contributed by atoms with van der Waals surface area (Å²) in [5, 5.41) is 7.25. The van der Waals surface area contributed by atoms with Crippen LogP contribution >= 0.6 is 0 Å². The molecule has 2 aromatic heterocycles. The SMILES string of the molecule is CC(=O)Nc1cccc(-c2cnc3ccc(C)nn23)c1.CC1CCC(N)CC1. The summed E-state index contributed by atoms with van der Waals surface area (Å²) >= 11 is 0. The van der Waals surface area contributed by atoms with Gasteiger partial charge in [0.2, 0.25) is 5.91 Å². The number of nitrogens with zero attached hydrogens (tertiary/aromatic N) is 3. The van der Waals surface area contributed by atoms with Crippen LogP contribution in [0.3, 0.4) is 0 Å². The maximum Gasteiger partial charge on any atom is 0.221 e. The molecule has 1 amide bonds. The summed E-state index contributed by atoms with van der Waals surface area (Å²) in [6.07, 6.45) is 6.99. The van der Waals surface area contributed by atoms with Gasteiger partial charge in [-0.3, -0.25) is 4.79 Å². The van der Waals surface area contributed by atoms with E-state index in [1.165, 1.54) is 32.6 Å². The summed E-state index contributed by atoms with van der Waals surface area (Å²) in [6, 6.07) is 12.0. The van der Waals surface area contributed by atoms with Gasteiger partial charge in [0.1, 0.15) is 0 Å². The molecule has 1 aromatic carbocycles. The number of carbonyl (C=O) groups excluding carboxylic acids is 1. The highest BCUT2D eigenvalue weighted by atomic mass is 16.1. The molecule has 28 heavy (non-hydrogen) atoms. The molecule has 0 radical (unpaired) electrons. The van der Waals surface area contributed by atoms with E-state index in [-0.39, 0.29) is 5.91 Å². The summed E-state index contributed by atoms with van der Waals surface area (Å²) in [6.45, 7) is 5.74. The molecule has 0 unspecified atom stereocenters. The molecule has 0 saturated heterocycles. The monoisotopic (exact) mass is 379 g/mol. The third-order valence-electron chi connectivity index (χ3n) is 5.03. The molecule has 1 saturated carbocycles. The number of nitrogens with one attached hydrogen (secondary N) is 1. The van der Waals surface area contributed by atoms with Crippen LogP contribution in [-0.2, 0) is 4.79 Å². The lowest BCUT2D eigenvalue weighted by Crippen LogP contribution is -2.25. The Morgan fingerprint density at radius 2 is 1.93 bits per heavy atom. The largest absolute Gasteiger partial charge is 0.328 e. The molecule has 1 aliphatic carbocycles. The van der Waals surface area contributed by atoms with Crippen molar-refractivity contribution in [1.82, 2.24) is 14.6 Å². The first-order valence-electron chi connectivity index (χ1n) is 9.87. The Balaban J connectivity index is 0.000000236. The van der Waals surface area contributed by atoms with E-state index in [1.54, 1.807) is 6.20 Å². The minimum Gasteiger partial charge on any atom is -0.328 e. The number of benzene rings is 1. The Morgan fingerprint density at radius 3 is 2.61 bits per heavy atom. The number of anilines is 1. The first-order chi connectivity index (χ1) is 13.4. The second-order valence-electron chi connectivity index (χ2n) is 7.67. The number of rotatable bonds is 2. The fourth-order valence-corrected chi connectivity index (χ4v) is 3.41. The third-order valence-corrected chi connectivity index (χ3v) is 5.03. The van der Waals surface area contributed by atoms with Gasteiger partial charge in [0.15, 0.2) is 5.65 Å². The van der Waals surface area contributed by atoms with Crippen molar-refractivity contribution in [2.75, 3.05) is 5.32 Å². The number of imidazole rings is 1. The maximum absolute atomic E-state index is 11.1. The predicted molar refractivity (Wildman–Crippen MR) is 113 cm³/mol. The normalized spacial score (nSPS) is 19.0. The minimum absolute atomic E-state index is 0.0886. The Morgan fingerprint density at radius 1 is 1.18 bits per heavy atom. The van der Waals surface area contributed by atoms with Crippen molar-refractivity contribution in [1.29, 1.82) is 0 Å². The molecule has 0 bridgehead atoms. The standard InChI is InChI=1S/C15H14N4O.C7H15N/c1-10-6-7-15-16-9-14(19(15)18-10)12-4-3-5-13(8-12)17-11(2)20;1-6-2-4-7(8)5-3-6/h3-9H,1-2H3,(H,17,20);6-7H,2-5,8H2,1H3. The van der Waals surface area contributed by atoms with E-state index in [2.05, 4.69) is 22.3 Å². The van der Waals surface area contributed by atoms with Gasteiger partial charge in [0.25, 0.3) is 0 Å². The number of hydrogen-bond donors (Lipinski definition) is 2. The highest BCUT2D eigenvalue weighted by Crippen LogP contribution is 2.23. The van der Waals surface area contributed by atoms with Gasteiger partial charge >= 0.3 is 0 Å². The summed E-state index contributed by atoms with van der Waals surface area (Å²) in [4.78, 5) is 15.5. The van der Waals surface area contributed by atoms with Gasteiger partial charge in [-0.15, -0.1) is 0 Å². The second kappa shape index (κ2) is 8.97. The first-order valence-corrected chi connectivity index (χ1v) is 9.87. The van der Waals surface area contributed by atoms with Crippen molar-refractivity contribution in [2.45, 2.75) is 52.5 Å². The van der Waals surface area contributed by atoms with E-state index in [0.717, 1.165) is 34.2 Å². The minimum atomic E-state index is -0.0886. The average Bonchev–Trinajstić information content (AvgIpc) is 3.07. The van der Waals surface area contributed by atoms with Crippen LogP contribution in [0.2, 0.25) is 0 Å². The summed E-state index contributed by atoms with van der Waals surface area (Å²) in [7, 11) is 0. The van der Waals surface area contributed by atoms with Crippen molar-refractivity contribution >= 4 is 17.2 Å². The zero-order valence-electron chi connectivity index (χ0n) is 16.9. The molecule has 1 aliphatic rings. The molecule has 0 spiro atoms. The van der Waals surface area contributed by atoms with Crippen LogP contribution in [0.25, 0.3) is 16.9 Å². The van der Waals surface area contributed by atoms with Crippen molar-refractivity contribution in [2.24, 2.45) is 11.7 Å². The van der Waals surface area contributed by atoms with Crippen LogP contribution in [0.5, 0.6) is 0 Å². The fourth-order valence-electron chi connectivity index (χ4n) is 3.41. The number of amides is 1. The first kappa shape index (κ1) is 20.0. The van der Waals surface area contributed by atoms with Gasteiger partial charge in [0.05, 0.1) is 17.6 Å². The van der Waals surface area contributed by atoms with Gasteiger partial charge < -0.3 is 11.1 Å². The number of hydrogen-bond acceptors (Lipinski definition) is 4. The summed E-state index contributed by atoms with van der Waals surface area (Å²) in [5.74, 6) is 0.851. The van der Waals surface area contributed by atoms with E-state index < -0.39 is 0 Å². The van der Waals surface area contributed by atoms with E-state index in [1.807, 2.05) is 47.8 Å². The number of carbonyl (C=O) groups is 1. The zero-order chi connectivity index (χ0) is 20.1. The molecule has 148 valence electrons. The van der Waals surface area contributed by atoms with Gasteiger partial charge in [-0.1, -0.05) is 19.1 Å². The highest BCUT2D eigenvalue weighted by molar-refractivity contribution is 5.89. The molecule has 6 heteroatoms. The molecule has 4 rings (SSSR count). The summed E-state index contributed by atoms with van der Waals surface area (Å²) < 4.78 is 1.81. The molecule has 3 N–H and O–H groups in total. The van der Waals surface area contributed by atoms with E-state index >= 15 is 0 Å². The van der Waals surface area contributed by atoms with E-state index in [9.17, 15) is 4.79 Å². The van der Waals surface area contributed by atoms with Crippen LogP contribution in [0.1, 0.15) is 45.2 Å². The maximum atomic E-state index is 11.1. The molecule has 1 fully saturated rings. The molecule has 3 aromatic rings. The lowest BCUT2D eigenvalue weighted by molar-refractivity contribution is -0.114. The molecule has 2 heterocycles. The Kier molecular flexibility index (Phi) is 6.41. The lowest BCUT2D eigenvalue weighted by atomic mass is 9.88. The van der Waals surface area contributed by atoms with Crippen LogP contribution in [0.4, 0.5) is 5.69 Å². The number of nitrogens with two attached hydrogens (primary N) is 1. The average molecular weight is 380 g/mol. The van der Waals surface area contributed by atoms with Gasteiger partial charge in [0, 0.05) is 24.2 Å². The Labute approximate surface area is 166 Å². The van der Waals surface area contributed by atoms with Crippen molar-refractivity contribution < 1.29 is 4.79 Å². The molecule has 6 nitrogen and oxygen atoms in total. The fraction of sp³-hybridized carbons (Fsp3) is 0.409. The Bertz CT molecular complexity index is 931. The van der Waals surface area contributed by atoms with Crippen molar-refractivity contribution in [3.05, 3.63) is 48.3 Å². The topological polar surface area (TPSA) is 85.3 Å². The third kappa shape index (κ3) is 5.16. The predicted octanol–water partition coefficient (Wildman–Crippen LogP) is 4.19. The van der Waals surface area contributed by atoms with E-state index in [4.69, 9.17) is 5.73 Å². The number of aryl methyl sites for hydroxylation is 1. The molecule has 0 atom stereocenters. The van der Waals surface area contributed by atoms with Crippen LogP contribution in [0.15, 0.2) is 42.6 Å². The van der Waals surface area contributed by atoms with Gasteiger partial charge in [-0.05, 0) is 62.8 Å². The molecular formula is C22H29N5O. The van der Waals surface area contributed by atoms with Gasteiger partial charge in [-0.25, -0.2) is 9.50 Å². The van der Waals surface area contributed by atoms with E-state index in [0.29, 0.717) is 6.04 Å². The molecule has 0 aliphatic heterocycles. The molecular weight excluding hydrogens is 350 g/mol. The smallest absolute Gasteiger partial charge is 0.221 e. The number of fused-ring (bicyclic) bond motifs is 1. The van der Waals surface area contributed by atoms with Crippen molar-refractivity contribution in [3.8, 4) is 11.3 Å². The zero-order valence-corrected chi connectivity index (χ0v) is 16.9. The summed E-state index contributed by atoms with van der Waals surface area (Å²) in [5.41, 5.74) is 10.0. The second-order valence-corrected chi connectivity index (χ2v) is 7.67. The van der Waals surface area contributed by atoms with Crippen molar-refractivity contribution in [3.63, 3.8) is 0 Å². The van der Waals surface area contributed by atoms with Gasteiger partial charge in [-0.2, -0.15) is 5.10 Å². The number of aromatic nitrogens is 3. The van der Waals surface area contributed by atoms with Crippen LogP contribution < -0.4 is 11.1 Å². The Hall–Kier alpha value is -2.73. The quantitative estimate of drug-likeness (QED) is 0.699. The van der Waals surface area contributed by atoms with Crippen LogP contribution in [0, 0.1) is 12.8 Å². The lowest BCUT2D eigenvalue weighted by Gasteiger charge is -2.22. The van der Waals surface area contributed by atoms with Crippen LogP contribution in [-0.4, -0.2) is 26.5 Å². The highest BCUT2D eigenvalue weighted by Gasteiger charge is 2.13.